The first-order valence-electron chi connectivity index (χ1n) is 13.3. The molecular formula is C26H41N5O3. The predicted octanol–water partition coefficient (Wildman–Crippen LogP) is 2.79. The molecule has 0 aromatic rings. The zero-order valence-electron chi connectivity index (χ0n) is 20.9. The van der Waals surface area contributed by atoms with E-state index in [1.807, 2.05) is 11.9 Å². The van der Waals surface area contributed by atoms with E-state index in [-0.39, 0.29) is 41.5 Å². The minimum absolute atomic E-state index is 0.00379. The third-order valence-electron chi connectivity index (χ3n) is 9.16. The molecule has 4 aliphatic rings. The van der Waals surface area contributed by atoms with Crippen molar-refractivity contribution < 1.29 is 14.4 Å². The van der Waals surface area contributed by atoms with Gasteiger partial charge in [0.05, 0.1) is 6.07 Å². The van der Waals surface area contributed by atoms with E-state index in [0.717, 1.165) is 57.9 Å². The van der Waals surface area contributed by atoms with Gasteiger partial charge in [0.15, 0.2) is 0 Å². The summed E-state index contributed by atoms with van der Waals surface area (Å²) in [6.07, 6.45) is 7.47. The van der Waals surface area contributed by atoms with Crippen LogP contribution in [0, 0.1) is 46.8 Å². The lowest BCUT2D eigenvalue weighted by Crippen LogP contribution is -2.60. The summed E-state index contributed by atoms with van der Waals surface area (Å²) in [6.45, 7) is 5.38. The summed E-state index contributed by atoms with van der Waals surface area (Å²) in [4.78, 5) is 40.6. The Balaban J connectivity index is 1.33. The van der Waals surface area contributed by atoms with Crippen LogP contribution in [-0.4, -0.2) is 54.5 Å². The third kappa shape index (κ3) is 5.40. The summed E-state index contributed by atoms with van der Waals surface area (Å²) >= 11 is 0. The molecule has 8 heteroatoms. The van der Waals surface area contributed by atoms with Crippen LogP contribution in [0.15, 0.2) is 0 Å². The summed E-state index contributed by atoms with van der Waals surface area (Å²) in [5.41, 5.74) is 0. The van der Waals surface area contributed by atoms with Gasteiger partial charge in [0.1, 0.15) is 0 Å². The van der Waals surface area contributed by atoms with E-state index >= 15 is 0 Å². The van der Waals surface area contributed by atoms with E-state index in [0.29, 0.717) is 30.3 Å². The van der Waals surface area contributed by atoms with E-state index in [1.54, 1.807) is 0 Å². The quantitative estimate of drug-likeness (QED) is 0.586. The molecule has 2 heterocycles. The fraction of sp³-hybridized carbons (Fsp3) is 0.846. The molecule has 0 aromatic heterocycles. The van der Waals surface area contributed by atoms with Gasteiger partial charge in [0.2, 0.25) is 11.8 Å². The lowest BCUT2D eigenvalue weighted by atomic mass is 9.65. The number of imide groups is 1. The Hall–Kier alpha value is -2.14. The Morgan fingerprint density at radius 2 is 1.88 bits per heavy atom. The normalized spacial score (nSPS) is 40.6. The number of hydrogen-bond donors (Lipinski definition) is 3. The van der Waals surface area contributed by atoms with Gasteiger partial charge < -0.3 is 15.5 Å². The number of carbonyl (C=O) groups is 3. The smallest absolute Gasteiger partial charge is 0.321 e. The average molecular weight is 472 g/mol. The molecule has 0 aromatic carbocycles. The van der Waals surface area contributed by atoms with E-state index in [1.165, 1.54) is 0 Å². The van der Waals surface area contributed by atoms with Gasteiger partial charge in [0.25, 0.3) is 0 Å². The van der Waals surface area contributed by atoms with Crippen LogP contribution in [0.1, 0.15) is 71.6 Å². The second kappa shape index (κ2) is 10.6. The Morgan fingerprint density at radius 3 is 2.65 bits per heavy atom. The van der Waals surface area contributed by atoms with Crippen molar-refractivity contribution in [2.24, 2.45) is 35.5 Å². The molecule has 4 amide bonds. The number of piperidine rings is 2. The van der Waals surface area contributed by atoms with Gasteiger partial charge in [0, 0.05) is 49.5 Å². The van der Waals surface area contributed by atoms with Crippen molar-refractivity contribution in [3.05, 3.63) is 0 Å². The average Bonchev–Trinajstić information content (AvgIpc) is 2.83. The molecule has 3 N–H and O–H groups in total. The highest BCUT2D eigenvalue weighted by Crippen LogP contribution is 2.43. The number of hydrogen-bond acceptors (Lipinski definition) is 5. The standard InChI is InChI=1S/C26H41N5O3/c1-15-7-8-20(29-26(34)30-24(32)18-6-4-5-17(10-18)13-27)12-21(15)22-11-19-14-28-16(2)9-23(19)31(3)25(22)33/h15-23,28H,4-12,14H2,1-3H3,(H2,29,30,32,34). The molecule has 4 rings (SSSR count). The Kier molecular flexibility index (Phi) is 7.81. The van der Waals surface area contributed by atoms with E-state index in [2.05, 4.69) is 35.9 Å². The maximum absolute atomic E-state index is 13.4. The highest BCUT2D eigenvalue weighted by atomic mass is 16.2. The van der Waals surface area contributed by atoms with Gasteiger partial charge in [-0.2, -0.15) is 5.26 Å². The van der Waals surface area contributed by atoms with Crippen molar-refractivity contribution in [3.8, 4) is 6.07 Å². The molecule has 9 unspecified atom stereocenters. The molecule has 188 valence electrons. The van der Waals surface area contributed by atoms with Crippen molar-refractivity contribution in [1.82, 2.24) is 20.9 Å². The van der Waals surface area contributed by atoms with Gasteiger partial charge in [-0.15, -0.1) is 0 Å². The summed E-state index contributed by atoms with van der Waals surface area (Å²) in [5, 5.41) is 18.3. The molecule has 34 heavy (non-hydrogen) atoms. The largest absolute Gasteiger partial charge is 0.342 e. The molecule has 2 saturated heterocycles. The van der Waals surface area contributed by atoms with Gasteiger partial charge in [-0.25, -0.2) is 4.79 Å². The van der Waals surface area contributed by atoms with Crippen molar-refractivity contribution in [3.63, 3.8) is 0 Å². The summed E-state index contributed by atoms with van der Waals surface area (Å²) < 4.78 is 0. The van der Waals surface area contributed by atoms with Crippen LogP contribution < -0.4 is 16.0 Å². The van der Waals surface area contributed by atoms with Crippen molar-refractivity contribution in [1.29, 1.82) is 5.26 Å². The van der Waals surface area contributed by atoms with E-state index in [4.69, 9.17) is 5.26 Å². The van der Waals surface area contributed by atoms with Crippen molar-refractivity contribution in [2.75, 3.05) is 13.6 Å². The topological polar surface area (TPSA) is 114 Å². The second-order valence-electron chi connectivity index (χ2n) is 11.5. The van der Waals surface area contributed by atoms with Crippen molar-refractivity contribution >= 4 is 17.8 Å². The zero-order chi connectivity index (χ0) is 24.4. The van der Waals surface area contributed by atoms with E-state index < -0.39 is 6.03 Å². The molecule has 2 aliphatic carbocycles. The molecule has 0 spiro atoms. The number of likely N-dealkylation sites (tertiary alicyclic amines) is 1. The minimum atomic E-state index is -0.444. The number of nitrogens with one attached hydrogen (secondary N) is 3. The number of nitrogens with zero attached hydrogens (tertiary/aromatic N) is 2. The van der Waals surface area contributed by atoms with Gasteiger partial charge in [-0.3, -0.25) is 14.9 Å². The molecule has 0 bridgehead atoms. The van der Waals surface area contributed by atoms with Crippen LogP contribution in [0.2, 0.25) is 0 Å². The molecule has 8 nitrogen and oxygen atoms in total. The fourth-order valence-corrected chi connectivity index (χ4v) is 7.08. The number of nitriles is 1. The molecule has 0 radical (unpaired) electrons. The summed E-state index contributed by atoms with van der Waals surface area (Å²) in [5.74, 6) is 0.778. The van der Waals surface area contributed by atoms with Gasteiger partial charge >= 0.3 is 6.03 Å². The first-order valence-corrected chi connectivity index (χ1v) is 13.3. The molecule has 9 atom stereocenters. The highest BCUT2D eigenvalue weighted by molar-refractivity contribution is 5.95. The van der Waals surface area contributed by atoms with Crippen LogP contribution in [0.25, 0.3) is 0 Å². The molecule has 2 saturated carbocycles. The Morgan fingerprint density at radius 1 is 1.09 bits per heavy atom. The van der Waals surface area contributed by atoms with Crippen molar-refractivity contribution in [2.45, 2.75) is 89.8 Å². The van der Waals surface area contributed by atoms with E-state index in [9.17, 15) is 14.4 Å². The van der Waals surface area contributed by atoms with Gasteiger partial charge in [-0.05, 0) is 76.0 Å². The SMILES string of the molecule is CC1CC2C(CN1)CC(C1CC(NC(=O)NC(=O)C3CCCC(C#N)C3)CCC1C)C(=O)N2C. The van der Waals surface area contributed by atoms with Crippen LogP contribution in [0.5, 0.6) is 0 Å². The number of fused-ring (bicyclic) bond motifs is 1. The van der Waals surface area contributed by atoms with Crippen LogP contribution >= 0.6 is 0 Å². The fourth-order valence-electron chi connectivity index (χ4n) is 7.08. The highest BCUT2D eigenvalue weighted by Gasteiger charge is 2.47. The zero-order valence-corrected chi connectivity index (χ0v) is 20.9. The van der Waals surface area contributed by atoms with Gasteiger partial charge in [-0.1, -0.05) is 13.3 Å². The Bertz CT molecular complexity index is 826. The number of carbonyl (C=O) groups excluding carboxylic acids is 3. The lowest BCUT2D eigenvalue weighted by Gasteiger charge is -2.50. The summed E-state index contributed by atoms with van der Waals surface area (Å²) in [7, 11) is 1.97. The molecular weight excluding hydrogens is 430 g/mol. The number of rotatable bonds is 3. The molecule has 2 aliphatic heterocycles. The number of urea groups is 1. The first kappa shape index (κ1) is 25.0. The first-order chi connectivity index (χ1) is 16.3. The number of amides is 4. The van der Waals surface area contributed by atoms with Crippen LogP contribution in [0.4, 0.5) is 4.79 Å². The molecule has 4 fully saturated rings. The monoisotopic (exact) mass is 471 g/mol. The van der Waals surface area contributed by atoms with Crippen LogP contribution in [-0.2, 0) is 9.59 Å². The third-order valence-corrected chi connectivity index (χ3v) is 9.16. The second-order valence-corrected chi connectivity index (χ2v) is 11.5. The maximum Gasteiger partial charge on any atom is 0.321 e. The predicted molar refractivity (Wildman–Crippen MR) is 128 cm³/mol. The summed E-state index contributed by atoms with van der Waals surface area (Å²) in [6, 6.07) is 2.54. The van der Waals surface area contributed by atoms with Crippen LogP contribution in [0.3, 0.4) is 0 Å². The Labute approximate surface area is 203 Å². The minimum Gasteiger partial charge on any atom is -0.342 e. The maximum atomic E-state index is 13.4. The lowest BCUT2D eigenvalue weighted by molar-refractivity contribution is -0.148.